The maximum Gasteiger partial charge on any atom is 0.279 e. The lowest BCUT2D eigenvalue weighted by Crippen LogP contribution is -2.55. The smallest absolute Gasteiger partial charge is 0.279 e. The van der Waals surface area contributed by atoms with Crippen LogP contribution in [0.25, 0.3) is 0 Å². The molecular weight excluding hydrogens is 330 g/mol. The van der Waals surface area contributed by atoms with E-state index in [1.165, 1.54) is 4.31 Å². The average Bonchev–Trinajstić information content (AvgIpc) is 2.58. The highest BCUT2D eigenvalue weighted by atomic mass is 32.2. The van der Waals surface area contributed by atoms with Crippen LogP contribution in [0.4, 0.5) is 5.82 Å². The number of nitrogens with one attached hydrogen (secondary N) is 1. The Hall–Kier alpha value is -1.29. The van der Waals surface area contributed by atoms with Crippen molar-refractivity contribution in [1.29, 1.82) is 0 Å². The van der Waals surface area contributed by atoms with Crippen molar-refractivity contribution in [2.75, 3.05) is 44.8 Å². The number of methoxy groups -OCH3 is 1. The third-order valence-electron chi connectivity index (χ3n) is 4.34. The van der Waals surface area contributed by atoms with Gasteiger partial charge in [-0.2, -0.15) is 22.5 Å². The van der Waals surface area contributed by atoms with E-state index in [9.17, 15) is 8.42 Å². The van der Waals surface area contributed by atoms with E-state index in [2.05, 4.69) is 19.8 Å². The van der Waals surface area contributed by atoms with Gasteiger partial charge in [-0.25, -0.2) is 0 Å². The van der Waals surface area contributed by atoms with E-state index < -0.39 is 10.2 Å². The highest BCUT2D eigenvalue weighted by Gasteiger charge is 2.34. The minimum Gasteiger partial charge on any atom is -0.384 e. The van der Waals surface area contributed by atoms with Crippen molar-refractivity contribution in [3.8, 4) is 0 Å². The molecule has 0 amide bonds. The zero-order valence-electron chi connectivity index (χ0n) is 14.6. The Morgan fingerprint density at radius 3 is 2.75 bits per heavy atom. The Balaban J connectivity index is 2.09. The van der Waals surface area contributed by atoms with Gasteiger partial charge < -0.3 is 9.64 Å². The SMILES string of the molecule is CCN(CC)S(=O)(=O)NC1CCN(c2cccnn2)CC1COC. The second kappa shape index (κ2) is 8.70. The van der Waals surface area contributed by atoms with E-state index in [0.717, 1.165) is 12.4 Å². The topological polar surface area (TPSA) is 87.7 Å². The maximum absolute atomic E-state index is 12.5. The van der Waals surface area contributed by atoms with Gasteiger partial charge in [-0.3, -0.25) is 0 Å². The Morgan fingerprint density at radius 2 is 2.17 bits per heavy atom. The molecule has 1 fully saturated rings. The summed E-state index contributed by atoms with van der Waals surface area (Å²) in [6.45, 7) is 6.49. The molecule has 0 radical (unpaired) electrons. The molecule has 0 saturated carbocycles. The van der Waals surface area contributed by atoms with Crippen LogP contribution >= 0.6 is 0 Å². The summed E-state index contributed by atoms with van der Waals surface area (Å²) in [6.07, 6.45) is 2.34. The molecule has 1 aromatic heterocycles. The van der Waals surface area contributed by atoms with E-state index >= 15 is 0 Å². The fourth-order valence-corrected chi connectivity index (χ4v) is 4.59. The minimum atomic E-state index is -3.47. The lowest BCUT2D eigenvalue weighted by Gasteiger charge is -2.39. The Labute approximate surface area is 144 Å². The summed E-state index contributed by atoms with van der Waals surface area (Å²) in [4.78, 5) is 2.12. The molecular formula is C15H27N5O3S. The zero-order chi connectivity index (χ0) is 17.6. The van der Waals surface area contributed by atoms with E-state index in [4.69, 9.17) is 4.74 Å². The van der Waals surface area contributed by atoms with Crippen LogP contribution in [-0.4, -0.2) is 68.9 Å². The van der Waals surface area contributed by atoms with Crippen LogP contribution < -0.4 is 9.62 Å². The van der Waals surface area contributed by atoms with Crippen LogP contribution in [0, 0.1) is 5.92 Å². The average molecular weight is 357 g/mol. The Kier molecular flexibility index (Phi) is 6.90. The summed E-state index contributed by atoms with van der Waals surface area (Å²) in [7, 11) is -1.84. The molecule has 2 unspecified atom stereocenters. The predicted octanol–water partition coefficient (Wildman–Crippen LogP) is 0.494. The quantitative estimate of drug-likeness (QED) is 0.729. The van der Waals surface area contributed by atoms with Crippen LogP contribution in [0.15, 0.2) is 18.3 Å². The molecule has 24 heavy (non-hydrogen) atoms. The van der Waals surface area contributed by atoms with Gasteiger partial charge in [0.1, 0.15) is 0 Å². The zero-order valence-corrected chi connectivity index (χ0v) is 15.4. The molecule has 136 valence electrons. The van der Waals surface area contributed by atoms with Gasteiger partial charge in [-0.05, 0) is 18.6 Å². The van der Waals surface area contributed by atoms with Gasteiger partial charge in [0.25, 0.3) is 10.2 Å². The van der Waals surface area contributed by atoms with Crippen LogP contribution in [0.3, 0.4) is 0 Å². The molecule has 9 heteroatoms. The van der Waals surface area contributed by atoms with Gasteiger partial charge in [-0.15, -0.1) is 5.10 Å². The van der Waals surface area contributed by atoms with Gasteiger partial charge in [0.05, 0.1) is 6.61 Å². The Bertz CT molecular complexity index is 594. The number of hydrogen-bond acceptors (Lipinski definition) is 6. The van der Waals surface area contributed by atoms with Crippen molar-refractivity contribution in [2.45, 2.75) is 26.3 Å². The van der Waals surface area contributed by atoms with Crippen molar-refractivity contribution in [2.24, 2.45) is 5.92 Å². The molecule has 0 spiro atoms. The lowest BCUT2D eigenvalue weighted by molar-refractivity contribution is 0.127. The summed E-state index contributed by atoms with van der Waals surface area (Å²) in [5.41, 5.74) is 0. The van der Waals surface area contributed by atoms with Crippen molar-refractivity contribution in [1.82, 2.24) is 19.2 Å². The first-order valence-electron chi connectivity index (χ1n) is 8.30. The van der Waals surface area contributed by atoms with E-state index in [1.807, 2.05) is 26.0 Å². The highest BCUT2D eigenvalue weighted by molar-refractivity contribution is 7.87. The normalized spacial score (nSPS) is 22.1. The summed E-state index contributed by atoms with van der Waals surface area (Å²) in [5.74, 6) is 0.861. The summed E-state index contributed by atoms with van der Waals surface area (Å²) in [6, 6.07) is 3.61. The standard InChI is InChI=1S/C15H27N5O3S/c1-4-20(5-2)24(21,22)18-14-8-10-19(11-13(14)12-23-3)15-7-6-9-16-17-15/h6-7,9,13-14,18H,4-5,8,10-12H2,1-3H3. The molecule has 0 aromatic carbocycles. The van der Waals surface area contributed by atoms with E-state index in [0.29, 0.717) is 32.7 Å². The first-order chi connectivity index (χ1) is 11.5. The first kappa shape index (κ1) is 19.0. The number of hydrogen-bond donors (Lipinski definition) is 1. The number of piperidine rings is 1. The number of nitrogens with zero attached hydrogens (tertiary/aromatic N) is 4. The molecule has 1 aromatic rings. The van der Waals surface area contributed by atoms with Crippen molar-refractivity contribution in [3.63, 3.8) is 0 Å². The molecule has 0 bridgehead atoms. The number of ether oxygens (including phenoxy) is 1. The van der Waals surface area contributed by atoms with E-state index in [-0.39, 0.29) is 12.0 Å². The molecule has 2 rings (SSSR count). The van der Waals surface area contributed by atoms with Crippen molar-refractivity contribution in [3.05, 3.63) is 18.3 Å². The fraction of sp³-hybridized carbons (Fsp3) is 0.733. The van der Waals surface area contributed by atoms with Gasteiger partial charge in [0.2, 0.25) is 0 Å². The second-order valence-corrected chi connectivity index (χ2v) is 7.55. The molecule has 0 aliphatic carbocycles. The summed E-state index contributed by atoms with van der Waals surface area (Å²) in [5, 5.41) is 8.05. The van der Waals surface area contributed by atoms with Crippen LogP contribution in [0.2, 0.25) is 0 Å². The van der Waals surface area contributed by atoms with Gasteiger partial charge in [-0.1, -0.05) is 13.8 Å². The highest BCUT2D eigenvalue weighted by Crippen LogP contribution is 2.22. The molecule has 2 heterocycles. The second-order valence-electron chi connectivity index (χ2n) is 5.85. The van der Waals surface area contributed by atoms with Gasteiger partial charge >= 0.3 is 0 Å². The molecule has 1 aliphatic heterocycles. The lowest BCUT2D eigenvalue weighted by atomic mass is 9.93. The van der Waals surface area contributed by atoms with Gasteiger partial charge in [0.15, 0.2) is 5.82 Å². The molecule has 1 saturated heterocycles. The predicted molar refractivity (Wildman–Crippen MR) is 93.0 cm³/mol. The molecule has 1 N–H and O–H groups in total. The molecule has 2 atom stereocenters. The van der Waals surface area contributed by atoms with Crippen LogP contribution in [0.1, 0.15) is 20.3 Å². The minimum absolute atomic E-state index is 0.0519. The summed E-state index contributed by atoms with van der Waals surface area (Å²) < 4.78 is 34.6. The number of anilines is 1. The summed E-state index contributed by atoms with van der Waals surface area (Å²) >= 11 is 0. The third kappa shape index (κ3) is 4.62. The maximum atomic E-state index is 12.5. The van der Waals surface area contributed by atoms with Crippen molar-refractivity contribution < 1.29 is 13.2 Å². The molecule has 1 aliphatic rings. The van der Waals surface area contributed by atoms with E-state index in [1.54, 1.807) is 13.3 Å². The number of aromatic nitrogens is 2. The number of rotatable bonds is 8. The van der Waals surface area contributed by atoms with Gasteiger partial charge in [0, 0.05) is 51.4 Å². The first-order valence-corrected chi connectivity index (χ1v) is 9.74. The largest absolute Gasteiger partial charge is 0.384 e. The molecule has 8 nitrogen and oxygen atoms in total. The Morgan fingerprint density at radius 1 is 1.42 bits per heavy atom. The van der Waals surface area contributed by atoms with Crippen LogP contribution in [-0.2, 0) is 14.9 Å². The fourth-order valence-electron chi connectivity index (χ4n) is 3.07. The monoisotopic (exact) mass is 357 g/mol. The van der Waals surface area contributed by atoms with Crippen LogP contribution in [0.5, 0.6) is 0 Å². The van der Waals surface area contributed by atoms with Crippen molar-refractivity contribution >= 4 is 16.0 Å². The third-order valence-corrected chi connectivity index (χ3v) is 6.14.